The predicted molar refractivity (Wildman–Crippen MR) is 240 cm³/mol. The van der Waals surface area contributed by atoms with Crippen LogP contribution in [0.15, 0.2) is 237 Å². The Morgan fingerprint density at radius 1 is 0.228 bits per heavy atom. The van der Waals surface area contributed by atoms with Crippen molar-refractivity contribution in [2.45, 2.75) is 0 Å². The van der Waals surface area contributed by atoms with Gasteiger partial charge in [-0.1, -0.05) is 152 Å². The molecule has 0 spiro atoms. The maximum absolute atomic E-state index is 2.39. The number of para-hydroxylation sites is 5. The van der Waals surface area contributed by atoms with Gasteiger partial charge in [-0.25, -0.2) is 0 Å². The summed E-state index contributed by atoms with van der Waals surface area (Å²) in [5, 5.41) is 0. The average Bonchev–Trinajstić information content (AvgIpc) is 3.30. The highest BCUT2D eigenvalue weighted by molar-refractivity contribution is 6.01. The highest BCUT2D eigenvalue weighted by Crippen LogP contribution is 2.54. The molecular weight excluding hydrogens is 691 g/mol. The first-order valence-corrected chi connectivity index (χ1v) is 19.4. The maximum Gasteiger partial charge on any atom is 0.0703 e. The van der Waals surface area contributed by atoms with Gasteiger partial charge in [-0.2, -0.15) is 0 Å². The van der Waals surface area contributed by atoms with Gasteiger partial charge in [0, 0.05) is 28.4 Å². The Labute approximate surface area is 334 Å². The van der Waals surface area contributed by atoms with Crippen LogP contribution in [0.5, 0.6) is 0 Å². The van der Waals surface area contributed by atoms with Gasteiger partial charge >= 0.3 is 0 Å². The Hall–Kier alpha value is -7.62. The zero-order chi connectivity index (χ0) is 38.0. The maximum atomic E-state index is 2.39. The Morgan fingerprint density at radius 3 is 0.947 bits per heavy atom. The van der Waals surface area contributed by atoms with Crippen molar-refractivity contribution >= 4 is 51.2 Å². The standard InChI is InChI=1S/C54H39N3/c1-4-15-40(16-5-1)42-27-33-47(34-28-42)55(48-35-29-43(30-36-48)41-17-6-2-7-18-41)49-37-31-44(32-38-49)45-19-14-22-50(39-45)57-53-25-12-10-23-51(53)56(46-20-8-3-9-21-46)52-24-11-13-26-54(52)57/h1-39H. The fourth-order valence-electron chi connectivity index (χ4n) is 8.02. The summed E-state index contributed by atoms with van der Waals surface area (Å²) >= 11 is 0. The number of rotatable bonds is 8. The molecule has 0 saturated carbocycles. The second-order valence-electron chi connectivity index (χ2n) is 14.2. The Bertz CT molecular complexity index is 2630. The van der Waals surface area contributed by atoms with Gasteiger partial charge in [0.2, 0.25) is 0 Å². The quantitative estimate of drug-likeness (QED) is 0.154. The second-order valence-corrected chi connectivity index (χ2v) is 14.2. The monoisotopic (exact) mass is 729 g/mol. The minimum absolute atomic E-state index is 1.09. The average molecular weight is 730 g/mol. The minimum atomic E-state index is 1.09. The predicted octanol–water partition coefficient (Wildman–Crippen LogP) is 15.4. The van der Waals surface area contributed by atoms with Crippen LogP contribution in [0.2, 0.25) is 0 Å². The van der Waals surface area contributed by atoms with Crippen LogP contribution in [0.25, 0.3) is 33.4 Å². The topological polar surface area (TPSA) is 9.72 Å². The van der Waals surface area contributed by atoms with Crippen molar-refractivity contribution in [3.05, 3.63) is 237 Å². The van der Waals surface area contributed by atoms with E-state index in [1.165, 1.54) is 22.3 Å². The fraction of sp³-hybridized carbons (Fsp3) is 0. The SMILES string of the molecule is c1ccc(-c2ccc(N(c3ccc(-c4ccccc4)cc3)c3ccc(-c4cccc(N5c6ccccc6N(c6ccccc6)c6ccccc65)c4)cc3)cc2)cc1. The third-order valence-corrected chi connectivity index (χ3v) is 10.8. The van der Waals surface area contributed by atoms with Gasteiger partial charge in [0.15, 0.2) is 0 Å². The van der Waals surface area contributed by atoms with Gasteiger partial charge in [0.1, 0.15) is 0 Å². The van der Waals surface area contributed by atoms with Crippen LogP contribution in [0, 0.1) is 0 Å². The minimum Gasteiger partial charge on any atom is -0.311 e. The number of anilines is 9. The molecule has 0 aliphatic carbocycles. The molecule has 10 rings (SSSR count). The molecule has 9 aromatic rings. The molecule has 0 radical (unpaired) electrons. The van der Waals surface area contributed by atoms with Gasteiger partial charge in [-0.05, 0) is 118 Å². The summed E-state index contributed by atoms with van der Waals surface area (Å²) in [6, 6.07) is 84.7. The Balaban J connectivity index is 1.01. The van der Waals surface area contributed by atoms with Crippen molar-refractivity contribution in [1.82, 2.24) is 0 Å². The lowest BCUT2D eigenvalue weighted by molar-refractivity contribution is 1.17. The van der Waals surface area contributed by atoms with Crippen molar-refractivity contribution in [2.24, 2.45) is 0 Å². The van der Waals surface area contributed by atoms with E-state index < -0.39 is 0 Å². The van der Waals surface area contributed by atoms with Crippen LogP contribution in [0.1, 0.15) is 0 Å². The largest absolute Gasteiger partial charge is 0.311 e. The zero-order valence-corrected chi connectivity index (χ0v) is 31.4. The molecule has 3 heteroatoms. The molecule has 0 saturated heterocycles. The molecule has 0 bridgehead atoms. The molecule has 0 unspecified atom stereocenters. The Morgan fingerprint density at radius 2 is 0.526 bits per heavy atom. The third kappa shape index (κ3) is 6.52. The van der Waals surface area contributed by atoms with Crippen molar-refractivity contribution in [3.63, 3.8) is 0 Å². The summed E-state index contributed by atoms with van der Waals surface area (Å²) in [5.41, 5.74) is 17.2. The van der Waals surface area contributed by atoms with E-state index in [0.717, 1.165) is 62.3 Å². The lowest BCUT2D eigenvalue weighted by Crippen LogP contribution is -2.23. The van der Waals surface area contributed by atoms with Crippen LogP contribution >= 0.6 is 0 Å². The molecule has 0 fully saturated rings. The van der Waals surface area contributed by atoms with E-state index in [4.69, 9.17) is 0 Å². The number of hydrogen-bond acceptors (Lipinski definition) is 3. The van der Waals surface area contributed by atoms with E-state index in [1.54, 1.807) is 0 Å². The molecule has 270 valence electrons. The highest BCUT2D eigenvalue weighted by atomic mass is 15.3. The second kappa shape index (κ2) is 14.9. The lowest BCUT2D eigenvalue weighted by atomic mass is 10.0. The van der Waals surface area contributed by atoms with Gasteiger partial charge in [0.25, 0.3) is 0 Å². The summed E-state index contributed by atoms with van der Waals surface area (Å²) < 4.78 is 0. The zero-order valence-electron chi connectivity index (χ0n) is 31.4. The van der Waals surface area contributed by atoms with Crippen LogP contribution in [0.4, 0.5) is 51.2 Å². The molecule has 9 aromatic carbocycles. The molecular formula is C54H39N3. The number of hydrogen-bond donors (Lipinski definition) is 0. The Kier molecular flexibility index (Phi) is 8.86. The molecule has 57 heavy (non-hydrogen) atoms. The van der Waals surface area contributed by atoms with Gasteiger partial charge < -0.3 is 14.7 Å². The summed E-state index contributed by atoms with van der Waals surface area (Å²) in [6.07, 6.45) is 0. The first-order chi connectivity index (χ1) is 28.3. The summed E-state index contributed by atoms with van der Waals surface area (Å²) in [4.78, 5) is 7.09. The van der Waals surface area contributed by atoms with Crippen LogP contribution in [-0.2, 0) is 0 Å². The van der Waals surface area contributed by atoms with Crippen molar-refractivity contribution < 1.29 is 0 Å². The molecule has 1 heterocycles. The molecule has 3 nitrogen and oxygen atoms in total. The van der Waals surface area contributed by atoms with E-state index in [2.05, 4.69) is 251 Å². The van der Waals surface area contributed by atoms with E-state index in [0.29, 0.717) is 0 Å². The van der Waals surface area contributed by atoms with Crippen molar-refractivity contribution in [3.8, 4) is 33.4 Å². The van der Waals surface area contributed by atoms with Gasteiger partial charge in [0.05, 0.1) is 22.7 Å². The molecule has 0 N–H and O–H groups in total. The van der Waals surface area contributed by atoms with Gasteiger partial charge in [-0.3, -0.25) is 0 Å². The number of nitrogens with zero attached hydrogens (tertiary/aromatic N) is 3. The number of fused-ring (bicyclic) bond motifs is 2. The first kappa shape index (κ1) is 33.9. The molecule has 1 aliphatic heterocycles. The number of benzene rings is 9. The van der Waals surface area contributed by atoms with E-state index >= 15 is 0 Å². The first-order valence-electron chi connectivity index (χ1n) is 19.4. The smallest absolute Gasteiger partial charge is 0.0703 e. The fourth-order valence-corrected chi connectivity index (χ4v) is 8.02. The van der Waals surface area contributed by atoms with Gasteiger partial charge in [-0.15, -0.1) is 0 Å². The lowest BCUT2D eigenvalue weighted by Gasteiger charge is -2.40. The molecule has 0 amide bonds. The molecule has 1 aliphatic rings. The van der Waals surface area contributed by atoms with Crippen LogP contribution < -0.4 is 14.7 Å². The van der Waals surface area contributed by atoms with E-state index in [1.807, 2.05) is 0 Å². The third-order valence-electron chi connectivity index (χ3n) is 10.8. The summed E-state index contributed by atoms with van der Waals surface area (Å²) in [6.45, 7) is 0. The van der Waals surface area contributed by atoms with E-state index in [9.17, 15) is 0 Å². The summed E-state index contributed by atoms with van der Waals surface area (Å²) in [7, 11) is 0. The highest BCUT2D eigenvalue weighted by Gasteiger charge is 2.30. The molecule has 0 atom stereocenters. The van der Waals surface area contributed by atoms with Crippen LogP contribution in [-0.4, -0.2) is 0 Å². The molecule has 0 aromatic heterocycles. The normalized spacial score (nSPS) is 11.8. The van der Waals surface area contributed by atoms with Crippen molar-refractivity contribution in [1.29, 1.82) is 0 Å². The summed E-state index contributed by atoms with van der Waals surface area (Å²) in [5.74, 6) is 0. The van der Waals surface area contributed by atoms with E-state index in [-0.39, 0.29) is 0 Å². The van der Waals surface area contributed by atoms with Crippen molar-refractivity contribution in [2.75, 3.05) is 14.7 Å². The van der Waals surface area contributed by atoms with Crippen LogP contribution in [0.3, 0.4) is 0 Å².